The van der Waals surface area contributed by atoms with E-state index >= 15 is 0 Å². The van der Waals surface area contributed by atoms with Crippen molar-refractivity contribution in [1.82, 2.24) is 15.2 Å². The molecule has 10 nitrogen and oxygen atoms in total. The third-order valence-electron chi connectivity index (χ3n) is 9.07. The van der Waals surface area contributed by atoms with Gasteiger partial charge in [0.05, 0.1) is 0 Å². The molecule has 3 aromatic rings. The third-order valence-corrected chi connectivity index (χ3v) is 10.3. The number of aromatic nitrogens is 1. The number of amides is 3. The van der Waals surface area contributed by atoms with E-state index in [-0.39, 0.29) is 28.5 Å². The number of hydrogen-bond donors (Lipinski definition) is 4. The molecule has 0 radical (unpaired) electrons. The Kier molecular flexibility index (Phi) is 9.91. The number of H-pyrrole nitrogens is 1. The van der Waals surface area contributed by atoms with Crippen LogP contribution in [0.5, 0.6) is 0 Å². The van der Waals surface area contributed by atoms with Crippen LogP contribution in [0.2, 0.25) is 5.02 Å². The van der Waals surface area contributed by atoms with Crippen LogP contribution in [0.15, 0.2) is 48.5 Å². The van der Waals surface area contributed by atoms with Gasteiger partial charge >= 0.3 is 13.3 Å². The van der Waals surface area contributed by atoms with E-state index < -0.39 is 48.1 Å². The van der Waals surface area contributed by atoms with Crippen LogP contribution >= 0.6 is 19.2 Å². The fraction of sp³-hybridized carbons (Fsp3) is 0.485. The van der Waals surface area contributed by atoms with Crippen LogP contribution in [0, 0.1) is 5.41 Å². The maximum atomic E-state index is 14.3. The minimum absolute atomic E-state index is 0.00254. The lowest BCUT2D eigenvalue weighted by Gasteiger charge is -2.39. The van der Waals surface area contributed by atoms with Gasteiger partial charge in [-0.05, 0) is 73.6 Å². The number of nitrogens with one attached hydrogen (secondary N) is 2. The normalized spacial score (nSPS) is 18.7. The second-order valence-electron chi connectivity index (χ2n) is 13.5. The molecule has 5 rings (SSSR count). The summed E-state index contributed by atoms with van der Waals surface area (Å²) in [7, 11) is -5.78. The van der Waals surface area contributed by atoms with Crippen molar-refractivity contribution in [2.45, 2.75) is 89.5 Å². The minimum atomic E-state index is -5.78. The number of alkyl halides is 2. The van der Waals surface area contributed by atoms with E-state index in [0.717, 1.165) is 49.9 Å². The lowest BCUT2D eigenvalue weighted by atomic mass is 9.85. The van der Waals surface area contributed by atoms with Gasteiger partial charge in [0.1, 0.15) is 17.8 Å². The van der Waals surface area contributed by atoms with Crippen molar-refractivity contribution < 1.29 is 37.5 Å². The summed E-state index contributed by atoms with van der Waals surface area (Å²) in [5.41, 5.74) is -5.08. The van der Waals surface area contributed by atoms with E-state index in [2.05, 4.69) is 10.3 Å². The topological polar surface area (TPSA) is 143 Å². The molecule has 1 saturated carbocycles. The van der Waals surface area contributed by atoms with Gasteiger partial charge in [0, 0.05) is 39.8 Å². The zero-order valence-electron chi connectivity index (χ0n) is 26.5. The van der Waals surface area contributed by atoms with Gasteiger partial charge in [-0.3, -0.25) is 18.9 Å². The fourth-order valence-corrected chi connectivity index (χ4v) is 7.14. The van der Waals surface area contributed by atoms with E-state index in [1.807, 2.05) is 17.0 Å². The maximum Gasteiger partial charge on any atom is 0.399 e. The number of carbonyl (C=O) groups excluding carboxylic acids is 3. The van der Waals surface area contributed by atoms with Gasteiger partial charge in [-0.2, -0.15) is 8.78 Å². The molecule has 0 spiro atoms. The Morgan fingerprint density at radius 3 is 2.28 bits per heavy atom. The Morgan fingerprint density at radius 1 is 1.00 bits per heavy atom. The van der Waals surface area contributed by atoms with Crippen LogP contribution in [0.25, 0.3) is 10.9 Å². The van der Waals surface area contributed by atoms with Crippen molar-refractivity contribution in [2.75, 3.05) is 11.4 Å². The van der Waals surface area contributed by atoms with Crippen molar-refractivity contribution in [3.05, 3.63) is 64.8 Å². The Morgan fingerprint density at radius 2 is 1.66 bits per heavy atom. The number of rotatable bonds is 8. The number of anilines is 1. The first-order valence-electron chi connectivity index (χ1n) is 15.8. The predicted octanol–water partition coefficient (Wildman–Crippen LogP) is 6.55. The molecule has 2 aromatic carbocycles. The predicted molar refractivity (Wildman–Crippen MR) is 175 cm³/mol. The van der Waals surface area contributed by atoms with Crippen LogP contribution in [-0.4, -0.2) is 62.1 Å². The number of fused-ring (bicyclic) bond motifs is 1. The van der Waals surface area contributed by atoms with Crippen LogP contribution in [0.1, 0.15) is 81.8 Å². The first-order valence-corrected chi connectivity index (χ1v) is 17.7. The number of likely N-dealkylation sites (tertiary alicyclic amines) is 1. The van der Waals surface area contributed by atoms with Gasteiger partial charge < -0.3 is 29.9 Å². The number of benzene rings is 2. The van der Waals surface area contributed by atoms with E-state index in [1.54, 1.807) is 37.8 Å². The lowest BCUT2D eigenvalue weighted by molar-refractivity contribution is -0.141. The van der Waals surface area contributed by atoms with Gasteiger partial charge in [0.25, 0.3) is 5.91 Å². The molecule has 1 aliphatic heterocycles. The van der Waals surface area contributed by atoms with Crippen molar-refractivity contribution in [1.29, 1.82) is 0 Å². The second kappa shape index (κ2) is 13.3. The van der Waals surface area contributed by atoms with Crippen LogP contribution in [0.3, 0.4) is 0 Å². The van der Waals surface area contributed by atoms with Gasteiger partial charge in [-0.1, -0.05) is 57.7 Å². The zero-order chi connectivity index (χ0) is 34.3. The number of carbonyl (C=O) groups is 3. The second-order valence-corrected chi connectivity index (χ2v) is 15.6. The molecular formula is C33H40ClF2N4O6P. The third kappa shape index (κ3) is 7.26. The van der Waals surface area contributed by atoms with Crippen molar-refractivity contribution in [3.8, 4) is 0 Å². The van der Waals surface area contributed by atoms with Gasteiger partial charge in [-0.25, -0.2) is 0 Å². The molecule has 254 valence electrons. The van der Waals surface area contributed by atoms with Gasteiger partial charge in [0.15, 0.2) is 0 Å². The summed E-state index contributed by atoms with van der Waals surface area (Å²) in [4.78, 5) is 66.5. The Hall–Kier alpha value is -3.31. The Bertz CT molecular complexity index is 1700. The molecule has 1 saturated heterocycles. The minimum Gasteiger partial charge on any atom is -0.351 e. The van der Waals surface area contributed by atoms with E-state index in [0.29, 0.717) is 24.4 Å². The number of hydrogen-bond acceptors (Lipinski definition) is 4. The average molecular weight is 693 g/mol. The standard InChI is InChI=1S/C33H40ClF2N4O6P/c1-32(2,3)28(38-29(41)26-19-20-18-21(11-16-25(20)37-26)33(35,36)47(44,45)46)31(43)39-17-7-10-27(39)30(42)40(23-8-5-4-6-9-23)24-14-12-22(34)13-15-24/h11-16,18-19,23,27-28,37H,4-10,17H2,1-3H3,(H,38,41)(H2,44,45,46). The molecule has 1 aliphatic carbocycles. The molecule has 4 N–H and O–H groups in total. The van der Waals surface area contributed by atoms with Gasteiger partial charge in [-0.15, -0.1) is 0 Å². The quantitative estimate of drug-likeness (QED) is 0.197. The average Bonchev–Trinajstić information content (AvgIpc) is 3.67. The largest absolute Gasteiger partial charge is 0.399 e. The highest BCUT2D eigenvalue weighted by Gasteiger charge is 2.50. The first kappa shape index (κ1) is 35.0. The zero-order valence-corrected chi connectivity index (χ0v) is 28.2. The Labute approximate surface area is 277 Å². The number of aromatic amines is 1. The molecule has 0 bridgehead atoms. The molecule has 2 heterocycles. The maximum absolute atomic E-state index is 14.3. The monoisotopic (exact) mass is 692 g/mol. The molecule has 2 fully saturated rings. The summed E-state index contributed by atoms with van der Waals surface area (Å²) >= 11 is 6.15. The van der Waals surface area contributed by atoms with Crippen molar-refractivity contribution in [3.63, 3.8) is 0 Å². The fourth-order valence-electron chi connectivity index (χ4n) is 6.54. The van der Waals surface area contributed by atoms with Crippen molar-refractivity contribution in [2.24, 2.45) is 5.41 Å². The molecule has 1 aromatic heterocycles. The Balaban J connectivity index is 1.39. The highest BCUT2D eigenvalue weighted by Crippen LogP contribution is 2.59. The molecular weight excluding hydrogens is 653 g/mol. The highest BCUT2D eigenvalue weighted by atomic mass is 35.5. The van der Waals surface area contributed by atoms with E-state index in [4.69, 9.17) is 21.4 Å². The molecule has 3 amide bonds. The SMILES string of the molecule is CC(C)(C)C(NC(=O)c1cc2cc(C(F)(F)P(=O)(O)O)ccc2[nH]1)C(=O)N1CCCC1C(=O)N(c1ccc(Cl)cc1)C1CCCCC1. The summed E-state index contributed by atoms with van der Waals surface area (Å²) in [5, 5.41) is 3.49. The lowest BCUT2D eigenvalue weighted by Crippen LogP contribution is -2.59. The first-order chi connectivity index (χ1) is 22.0. The summed E-state index contributed by atoms with van der Waals surface area (Å²) < 4.78 is 40.0. The van der Waals surface area contributed by atoms with Crippen LogP contribution in [0.4, 0.5) is 14.5 Å². The molecule has 47 heavy (non-hydrogen) atoms. The summed E-state index contributed by atoms with van der Waals surface area (Å²) in [6, 6.07) is 9.66. The smallest absolute Gasteiger partial charge is 0.351 e. The van der Waals surface area contributed by atoms with E-state index in [1.165, 1.54) is 12.1 Å². The molecule has 2 unspecified atom stereocenters. The molecule has 2 aliphatic rings. The molecule has 14 heteroatoms. The van der Waals surface area contributed by atoms with Crippen LogP contribution in [-0.2, 0) is 19.8 Å². The van der Waals surface area contributed by atoms with Crippen molar-refractivity contribution >= 4 is 53.5 Å². The van der Waals surface area contributed by atoms with E-state index in [9.17, 15) is 27.7 Å². The summed E-state index contributed by atoms with van der Waals surface area (Å²) in [6.07, 6.45) is 5.95. The number of nitrogens with zero attached hydrogens (tertiary/aromatic N) is 2. The summed E-state index contributed by atoms with van der Waals surface area (Å²) in [6.45, 7) is 5.74. The van der Waals surface area contributed by atoms with Crippen LogP contribution < -0.4 is 10.2 Å². The summed E-state index contributed by atoms with van der Waals surface area (Å²) in [5.74, 6) is -1.24. The van der Waals surface area contributed by atoms with Gasteiger partial charge in [0.2, 0.25) is 11.8 Å². The number of halogens is 3. The molecule has 2 atom stereocenters. The highest BCUT2D eigenvalue weighted by molar-refractivity contribution is 7.52.